The first-order valence-electron chi connectivity index (χ1n) is 5.47. The molecule has 0 saturated carbocycles. The van der Waals surface area contributed by atoms with Crippen LogP contribution in [0.25, 0.3) is 0 Å². The highest BCUT2D eigenvalue weighted by atomic mass is 14.3. The summed E-state index contributed by atoms with van der Waals surface area (Å²) in [6.07, 6.45) is 3.46. The fourth-order valence-electron chi connectivity index (χ4n) is 2.60. The fourth-order valence-corrected chi connectivity index (χ4v) is 2.60. The second kappa shape index (κ2) is 3.61. The number of fused-ring (bicyclic) bond motifs is 1. The van der Waals surface area contributed by atoms with Gasteiger partial charge in [-0.1, -0.05) is 49.8 Å². The highest BCUT2D eigenvalue weighted by Crippen LogP contribution is 2.41. The monoisotopic (exact) mass is 186 g/mol. The van der Waals surface area contributed by atoms with E-state index in [1.54, 1.807) is 11.1 Å². The van der Waals surface area contributed by atoms with Crippen molar-refractivity contribution in [2.75, 3.05) is 0 Å². The van der Waals surface area contributed by atoms with Crippen LogP contribution >= 0.6 is 0 Å². The zero-order chi connectivity index (χ0) is 10.1. The van der Waals surface area contributed by atoms with E-state index in [1.807, 2.05) is 0 Å². The third kappa shape index (κ3) is 1.39. The molecule has 1 unspecified atom stereocenters. The first-order chi connectivity index (χ1) is 6.74. The van der Waals surface area contributed by atoms with Gasteiger partial charge < -0.3 is 0 Å². The highest BCUT2D eigenvalue weighted by molar-refractivity contribution is 5.45. The number of hydrogen-bond acceptors (Lipinski definition) is 0. The van der Waals surface area contributed by atoms with E-state index in [0.29, 0.717) is 11.8 Å². The minimum atomic E-state index is 0.663. The first-order valence-corrected chi connectivity index (χ1v) is 5.47. The lowest BCUT2D eigenvalue weighted by atomic mass is 9.87. The minimum Gasteiger partial charge on any atom is -0.0875 e. The number of hydrogen-bond donors (Lipinski definition) is 0. The Bertz CT molecular complexity index is 358. The van der Waals surface area contributed by atoms with E-state index in [2.05, 4.69) is 51.1 Å². The molecule has 0 saturated heterocycles. The van der Waals surface area contributed by atoms with E-state index in [1.165, 1.54) is 5.56 Å². The summed E-state index contributed by atoms with van der Waals surface area (Å²) in [5, 5.41) is 0. The van der Waals surface area contributed by atoms with Gasteiger partial charge in [-0.2, -0.15) is 0 Å². The molecule has 0 nitrogen and oxygen atoms in total. The average Bonchev–Trinajstić information content (AvgIpc) is 2.55. The maximum absolute atomic E-state index is 2.32. The van der Waals surface area contributed by atoms with E-state index in [9.17, 15) is 0 Å². The zero-order valence-electron chi connectivity index (χ0n) is 9.25. The van der Waals surface area contributed by atoms with Crippen LogP contribution in [0.2, 0.25) is 0 Å². The Labute approximate surface area is 86.7 Å². The van der Waals surface area contributed by atoms with Crippen LogP contribution in [0.1, 0.15) is 37.8 Å². The topological polar surface area (TPSA) is 0 Å². The van der Waals surface area contributed by atoms with E-state index in [0.717, 1.165) is 6.42 Å². The number of rotatable bonds is 1. The van der Waals surface area contributed by atoms with Crippen LogP contribution in [0.3, 0.4) is 0 Å². The minimum absolute atomic E-state index is 0.663. The standard InChI is InChI=1S/C14H18/c1-4-11-9-12-7-5-6-8-13(12)14(11)10(2)3/h4-8,10,14H,9H2,1-3H3/b11-4+. The summed E-state index contributed by atoms with van der Waals surface area (Å²) in [5.74, 6) is 1.38. The molecule has 0 bridgehead atoms. The van der Waals surface area contributed by atoms with Crippen molar-refractivity contribution in [3.05, 3.63) is 47.0 Å². The van der Waals surface area contributed by atoms with Crippen LogP contribution in [0, 0.1) is 5.92 Å². The van der Waals surface area contributed by atoms with E-state index in [-0.39, 0.29) is 0 Å². The predicted octanol–water partition coefficient (Wildman–Crippen LogP) is 3.93. The van der Waals surface area contributed by atoms with Crippen molar-refractivity contribution >= 4 is 0 Å². The molecular weight excluding hydrogens is 168 g/mol. The van der Waals surface area contributed by atoms with E-state index < -0.39 is 0 Å². The summed E-state index contributed by atoms with van der Waals surface area (Å²) in [6.45, 7) is 6.79. The van der Waals surface area contributed by atoms with Crippen molar-refractivity contribution in [1.29, 1.82) is 0 Å². The third-order valence-corrected chi connectivity index (χ3v) is 3.22. The molecule has 1 aromatic rings. The lowest BCUT2D eigenvalue weighted by Crippen LogP contribution is -2.04. The fraction of sp³-hybridized carbons (Fsp3) is 0.429. The predicted molar refractivity (Wildman–Crippen MR) is 61.5 cm³/mol. The SMILES string of the molecule is C/C=C1\Cc2ccccc2C1C(C)C. The molecule has 74 valence electrons. The molecule has 0 aromatic heterocycles. The molecule has 0 fully saturated rings. The molecule has 0 N–H and O–H groups in total. The Morgan fingerprint density at radius 1 is 1.29 bits per heavy atom. The third-order valence-electron chi connectivity index (χ3n) is 3.22. The molecule has 2 rings (SSSR count). The second-order valence-corrected chi connectivity index (χ2v) is 4.46. The van der Waals surface area contributed by atoms with Crippen molar-refractivity contribution in [2.45, 2.75) is 33.1 Å². The Kier molecular flexibility index (Phi) is 2.45. The van der Waals surface area contributed by atoms with Gasteiger partial charge in [0.1, 0.15) is 0 Å². The van der Waals surface area contributed by atoms with Crippen LogP contribution in [0.15, 0.2) is 35.9 Å². The van der Waals surface area contributed by atoms with Gasteiger partial charge in [-0.15, -0.1) is 0 Å². The van der Waals surface area contributed by atoms with Gasteiger partial charge in [0, 0.05) is 5.92 Å². The summed E-state index contributed by atoms with van der Waals surface area (Å²) in [5.41, 5.74) is 4.68. The summed E-state index contributed by atoms with van der Waals surface area (Å²) in [4.78, 5) is 0. The largest absolute Gasteiger partial charge is 0.0875 e. The number of benzene rings is 1. The van der Waals surface area contributed by atoms with Gasteiger partial charge in [0.25, 0.3) is 0 Å². The normalized spacial score (nSPS) is 23.1. The Balaban J connectivity index is 2.47. The molecule has 1 atom stereocenters. The molecular formula is C14H18. The zero-order valence-corrected chi connectivity index (χ0v) is 9.25. The number of allylic oxidation sites excluding steroid dienone is 2. The second-order valence-electron chi connectivity index (χ2n) is 4.46. The van der Waals surface area contributed by atoms with Crippen LogP contribution in [-0.2, 0) is 6.42 Å². The molecule has 0 heterocycles. The smallest absolute Gasteiger partial charge is 0.00772 e. The van der Waals surface area contributed by atoms with Crippen molar-refractivity contribution in [1.82, 2.24) is 0 Å². The van der Waals surface area contributed by atoms with Crippen molar-refractivity contribution < 1.29 is 0 Å². The van der Waals surface area contributed by atoms with Crippen LogP contribution in [-0.4, -0.2) is 0 Å². The van der Waals surface area contributed by atoms with Gasteiger partial charge in [-0.3, -0.25) is 0 Å². The van der Waals surface area contributed by atoms with Gasteiger partial charge in [-0.05, 0) is 30.4 Å². The quantitative estimate of drug-likeness (QED) is 0.583. The van der Waals surface area contributed by atoms with Crippen molar-refractivity contribution in [3.63, 3.8) is 0 Å². The molecule has 0 heteroatoms. The molecule has 1 aliphatic rings. The van der Waals surface area contributed by atoms with Gasteiger partial charge in [-0.25, -0.2) is 0 Å². The van der Waals surface area contributed by atoms with Crippen LogP contribution in [0.5, 0.6) is 0 Å². The van der Waals surface area contributed by atoms with Gasteiger partial charge >= 0.3 is 0 Å². The molecule has 0 aliphatic heterocycles. The van der Waals surface area contributed by atoms with Gasteiger partial charge in [0.2, 0.25) is 0 Å². The molecule has 0 amide bonds. The van der Waals surface area contributed by atoms with Crippen LogP contribution in [0.4, 0.5) is 0 Å². The summed E-state index contributed by atoms with van der Waals surface area (Å²) in [6, 6.07) is 8.86. The Hall–Kier alpha value is -1.04. The van der Waals surface area contributed by atoms with Gasteiger partial charge in [0.15, 0.2) is 0 Å². The van der Waals surface area contributed by atoms with E-state index in [4.69, 9.17) is 0 Å². The highest BCUT2D eigenvalue weighted by Gasteiger charge is 2.28. The lowest BCUT2D eigenvalue weighted by molar-refractivity contribution is 0.565. The van der Waals surface area contributed by atoms with Crippen molar-refractivity contribution in [2.24, 2.45) is 5.92 Å². The van der Waals surface area contributed by atoms with E-state index >= 15 is 0 Å². The molecule has 1 aromatic carbocycles. The maximum atomic E-state index is 2.32. The van der Waals surface area contributed by atoms with Crippen molar-refractivity contribution in [3.8, 4) is 0 Å². The molecule has 0 radical (unpaired) electrons. The average molecular weight is 186 g/mol. The lowest BCUT2D eigenvalue weighted by Gasteiger charge is -2.17. The summed E-state index contributed by atoms with van der Waals surface area (Å²) >= 11 is 0. The molecule has 14 heavy (non-hydrogen) atoms. The molecule has 0 spiro atoms. The Morgan fingerprint density at radius 3 is 2.64 bits per heavy atom. The first kappa shape index (κ1) is 9.51. The van der Waals surface area contributed by atoms with Gasteiger partial charge in [0.05, 0.1) is 0 Å². The Morgan fingerprint density at radius 2 is 2.00 bits per heavy atom. The van der Waals surface area contributed by atoms with Crippen LogP contribution < -0.4 is 0 Å². The summed E-state index contributed by atoms with van der Waals surface area (Å²) < 4.78 is 0. The summed E-state index contributed by atoms with van der Waals surface area (Å²) in [7, 11) is 0. The molecule has 1 aliphatic carbocycles. The maximum Gasteiger partial charge on any atom is 0.00772 e.